The van der Waals surface area contributed by atoms with E-state index >= 15 is 0 Å². The number of hydrogen-bond acceptors (Lipinski definition) is 10. The summed E-state index contributed by atoms with van der Waals surface area (Å²) in [4.78, 5) is 51.3. The number of halogens is 1. The van der Waals surface area contributed by atoms with Gasteiger partial charge in [-0.2, -0.15) is 4.99 Å². The fourth-order valence-corrected chi connectivity index (χ4v) is 6.87. The van der Waals surface area contributed by atoms with E-state index in [0.29, 0.717) is 72.1 Å². The Morgan fingerprint density at radius 1 is 0.593 bits per heavy atom. The number of benzene rings is 6. The Kier molecular flexibility index (Phi) is 19.0. The predicted molar refractivity (Wildman–Crippen MR) is 214 cm³/mol. The number of aromatic carboxylic acids is 2. The van der Waals surface area contributed by atoms with Gasteiger partial charge in [-0.15, -0.1) is 0 Å². The van der Waals surface area contributed by atoms with E-state index in [9.17, 15) is 39.6 Å². The molecule has 0 spiro atoms. The molecule has 4 aromatic carbocycles. The third kappa shape index (κ3) is 10.9. The Morgan fingerprint density at radius 3 is 1.47 bits per heavy atom. The van der Waals surface area contributed by atoms with Crippen LogP contribution in [0.15, 0.2) is 133 Å². The average Bonchev–Trinajstić information content (AvgIpc) is 3.16. The van der Waals surface area contributed by atoms with E-state index in [2.05, 4.69) is 38.3 Å². The van der Waals surface area contributed by atoms with Crippen molar-refractivity contribution in [3.8, 4) is 56.4 Å². The van der Waals surface area contributed by atoms with E-state index < -0.39 is 11.9 Å². The minimum Gasteiger partial charge on any atom is -0.508 e. The van der Waals surface area contributed by atoms with Gasteiger partial charge in [0, 0.05) is 193 Å². The molecule has 11 nitrogen and oxygen atoms in total. The first-order valence-electron chi connectivity index (χ1n) is 16.2. The first kappa shape index (κ1) is 50.8. The van der Waals surface area contributed by atoms with Gasteiger partial charge in [0.15, 0.2) is 10.9 Å². The number of rotatable bonds is 6. The third-order valence-corrected chi connectivity index (χ3v) is 9.51. The summed E-state index contributed by atoms with van der Waals surface area (Å²) in [6.45, 7) is 0. The zero-order chi connectivity index (χ0) is 39.0. The molecule has 2 heterocycles. The van der Waals surface area contributed by atoms with E-state index in [4.69, 9.17) is 8.83 Å². The number of carboxylic acid groups (broad SMARTS) is 2. The van der Waals surface area contributed by atoms with Gasteiger partial charge >= 0.3 is 11.9 Å². The first-order valence-corrected chi connectivity index (χ1v) is 17.8. The molecule has 282 valence electrons. The molecule has 0 aromatic heterocycles. The number of phenolic OH excluding ortho intramolecular Hbond substituents is 2. The molecule has 8 rings (SSSR count). The normalized spacial score (nSPS) is 10.2. The van der Waals surface area contributed by atoms with Gasteiger partial charge in [-0.25, -0.2) is 9.59 Å². The Hall–Kier alpha value is -2.50. The Morgan fingerprint density at radius 2 is 1.03 bits per heavy atom. The van der Waals surface area contributed by atoms with Gasteiger partial charge in [-0.1, -0.05) is 34.1 Å². The number of phenols is 2. The monoisotopic (exact) mass is 1170 g/mol. The molecule has 59 heavy (non-hydrogen) atoms. The van der Waals surface area contributed by atoms with Gasteiger partial charge in [0.05, 0.1) is 22.0 Å². The number of aliphatic imine (C=N–C) groups is 1. The fourth-order valence-electron chi connectivity index (χ4n) is 6.42. The number of nitrogens with zero attached hydrogens (tertiary/aromatic N) is 1. The van der Waals surface area contributed by atoms with E-state index in [1.807, 2.05) is 6.07 Å². The molecular weight excluding hydrogens is 1150 g/mol. The first-order chi connectivity index (χ1) is 26.4. The summed E-state index contributed by atoms with van der Waals surface area (Å²) in [7, 11) is 0. The zero-order valence-corrected chi connectivity index (χ0v) is 44.1. The molecule has 0 saturated heterocycles. The van der Waals surface area contributed by atoms with Crippen molar-refractivity contribution in [1.82, 2.24) is 0 Å². The molecule has 4 aliphatic rings. The zero-order valence-electron chi connectivity index (χ0n) is 30.4. The standard InChI is InChI=1S/C21H13BrO5.C21H11NO5S.4Y/c22-10-11-1-4-14(17(7-11)21(25)26)20-15-5-2-12(23)8-18(15)27-19-9-13(24)3-6-16(19)20;23-12-2-5-15-18(8-12)27-19-9-13(24)3-6-16(19)20(15)14-4-1-11(22-10-28)7-17(14)21(25)26;;;;/h1-9,23H,10H2,(H,25,26);1-9,23H,(H,25,26);;;;. The molecular formula is C42H24BrNO10SY4. The number of carbonyl (C=O) groups is 2. The van der Waals surface area contributed by atoms with Crippen molar-refractivity contribution >= 4 is 72.9 Å². The Bertz CT molecular complexity index is 2980. The maximum Gasteiger partial charge on any atom is 0.336 e. The Balaban J connectivity index is 0.000000295. The van der Waals surface area contributed by atoms with Crippen molar-refractivity contribution in [2.45, 2.75) is 5.33 Å². The van der Waals surface area contributed by atoms with Crippen LogP contribution in [-0.2, 0) is 136 Å². The van der Waals surface area contributed by atoms with Crippen molar-refractivity contribution in [2.75, 3.05) is 0 Å². The van der Waals surface area contributed by atoms with Crippen molar-refractivity contribution < 1.29 is 170 Å². The van der Waals surface area contributed by atoms with Crippen LogP contribution in [0.2, 0.25) is 0 Å². The van der Waals surface area contributed by atoms with E-state index in [-0.39, 0.29) is 170 Å². The number of thiocarbonyl (C=S) groups is 1. The van der Waals surface area contributed by atoms with Gasteiger partial charge in [0.25, 0.3) is 0 Å². The molecule has 4 radical (unpaired) electrons. The van der Waals surface area contributed by atoms with Crippen LogP contribution in [0.25, 0.3) is 66.8 Å². The summed E-state index contributed by atoms with van der Waals surface area (Å²) in [5.74, 6) is -1.56. The molecule has 4 N–H and O–H groups in total. The minimum atomic E-state index is -1.14. The molecule has 0 bridgehead atoms. The van der Waals surface area contributed by atoms with Crippen LogP contribution in [0, 0.1) is 0 Å². The number of alkyl halides is 1. The second-order valence-electron chi connectivity index (χ2n) is 12.2. The van der Waals surface area contributed by atoms with Crippen LogP contribution in [0.1, 0.15) is 26.3 Å². The molecule has 0 amide bonds. The molecule has 0 atom stereocenters. The Labute approximate surface area is 449 Å². The van der Waals surface area contributed by atoms with Crippen molar-refractivity contribution in [3.05, 3.63) is 146 Å². The van der Waals surface area contributed by atoms with Gasteiger partial charge in [0.1, 0.15) is 34.2 Å². The largest absolute Gasteiger partial charge is 0.508 e. The predicted octanol–water partition coefficient (Wildman–Crippen LogP) is 9.56. The molecule has 2 aliphatic heterocycles. The van der Waals surface area contributed by atoms with Gasteiger partial charge < -0.3 is 29.3 Å². The molecule has 0 fully saturated rings. The number of fused-ring (bicyclic) bond motifs is 4. The summed E-state index contributed by atoms with van der Waals surface area (Å²) >= 11 is 7.94. The summed E-state index contributed by atoms with van der Waals surface area (Å²) in [5.41, 5.74) is 4.96. The van der Waals surface area contributed by atoms with E-state index in [1.165, 1.54) is 54.6 Å². The molecule has 0 unspecified atom stereocenters. The third-order valence-electron chi connectivity index (χ3n) is 8.77. The molecule has 4 aromatic rings. The van der Waals surface area contributed by atoms with Gasteiger partial charge in [-0.05, 0) is 95.6 Å². The molecule has 0 saturated carbocycles. The smallest absolute Gasteiger partial charge is 0.336 e. The summed E-state index contributed by atoms with van der Waals surface area (Å²) in [6, 6.07) is 27.8. The summed E-state index contributed by atoms with van der Waals surface area (Å²) in [6.07, 6.45) is 0. The van der Waals surface area contributed by atoms with Gasteiger partial charge in [-0.3, -0.25) is 9.59 Å². The van der Waals surface area contributed by atoms with Crippen LogP contribution in [-0.4, -0.2) is 37.5 Å². The van der Waals surface area contributed by atoms with Gasteiger partial charge in [0.2, 0.25) is 0 Å². The fraction of sp³-hybridized carbons (Fsp3) is 0.0238. The van der Waals surface area contributed by atoms with Crippen LogP contribution in [0.4, 0.5) is 5.69 Å². The minimum absolute atomic E-state index is 0. The topological polar surface area (TPSA) is 188 Å². The maximum atomic E-state index is 11.9. The number of isothiocyanates is 1. The summed E-state index contributed by atoms with van der Waals surface area (Å²) in [5, 5.41) is 43.1. The van der Waals surface area contributed by atoms with E-state index in [1.54, 1.807) is 48.5 Å². The van der Waals surface area contributed by atoms with Crippen LogP contribution in [0.3, 0.4) is 0 Å². The SMILES string of the molecule is O=C(O)c1cc(CBr)ccc1-c1c2ccc(=O)cc-2oc2cc(O)ccc12.O=C(O)c1cc(N=C=S)ccc1-c1c2ccc(=O)cc-2oc2cc(O)ccc12.[Y].[Y].[Y].[Y]. The number of hydrogen-bond donors (Lipinski definition) is 4. The van der Waals surface area contributed by atoms with E-state index in [0.717, 1.165) is 5.56 Å². The number of aromatic hydroxyl groups is 2. The molecule has 2 aliphatic carbocycles. The quantitative estimate of drug-likeness (QED) is 0.0538. The van der Waals surface area contributed by atoms with Crippen molar-refractivity contribution in [3.63, 3.8) is 0 Å². The number of carboxylic acids is 2. The summed E-state index contributed by atoms with van der Waals surface area (Å²) < 4.78 is 11.6. The van der Waals surface area contributed by atoms with Crippen molar-refractivity contribution in [1.29, 1.82) is 0 Å². The average molecular weight is 1170 g/mol. The maximum absolute atomic E-state index is 11.9. The van der Waals surface area contributed by atoms with Crippen LogP contribution >= 0.6 is 28.1 Å². The second kappa shape index (κ2) is 22.0. The van der Waals surface area contributed by atoms with Crippen molar-refractivity contribution in [2.24, 2.45) is 4.99 Å². The van der Waals surface area contributed by atoms with Crippen LogP contribution < -0.4 is 10.9 Å². The second-order valence-corrected chi connectivity index (χ2v) is 12.9. The molecule has 17 heteroatoms. The van der Waals surface area contributed by atoms with Crippen LogP contribution in [0.5, 0.6) is 11.5 Å².